The fourth-order valence-corrected chi connectivity index (χ4v) is 2.97. The Hall–Kier alpha value is -1.97. The first kappa shape index (κ1) is 15.9. The monoisotopic (exact) mass is 368 g/mol. The molecule has 0 amide bonds. The van der Waals surface area contributed by atoms with Crippen molar-refractivity contribution in [1.29, 1.82) is 0 Å². The van der Waals surface area contributed by atoms with Crippen LogP contribution in [-0.4, -0.2) is 17.2 Å². The summed E-state index contributed by atoms with van der Waals surface area (Å²) < 4.78 is 5.67. The number of alkyl halides is 1. The number of hydrogen-bond donors (Lipinski definition) is 0. The van der Waals surface area contributed by atoms with Gasteiger partial charge < -0.3 is 4.74 Å². The van der Waals surface area contributed by atoms with Crippen molar-refractivity contribution in [2.24, 2.45) is 0 Å². The number of rotatable bonds is 6. The molecule has 23 heavy (non-hydrogen) atoms. The molecule has 1 atom stereocenters. The number of ether oxygens (including phenoxy) is 1. The second kappa shape index (κ2) is 7.53. The molecule has 0 aliphatic carbocycles. The molecule has 116 valence electrons. The molecule has 0 aromatic heterocycles. The van der Waals surface area contributed by atoms with Crippen molar-refractivity contribution in [1.82, 2.24) is 0 Å². The van der Waals surface area contributed by atoms with Crippen molar-refractivity contribution < 1.29 is 9.53 Å². The third kappa shape index (κ3) is 3.87. The minimum absolute atomic E-state index is 0.0508. The average Bonchev–Trinajstić information content (AvgIpc) is 2.61. The summed E-state index contributed by atoms with van der Waals surface area (Å²) >= 11 is 3.46. The van der Waals surface area contributed by atoms with Gasteiger partial charge in [0.15, 0.2) is 5.78 Å². The van der Waals surface area contributed by atoms with E-state index in [1.807, 2.05) is 72.8 Å². The van der Waals surface area contributed by atoms with Gasteiger partial charge in [-0.25, -0.2) is 0 Å². The van der Waals surface area contributed by atoms with Gasteiger partial charge in [-0.1, -0.05) is 88.7 Å². The molecule has 3 rings (SSSR count). The SMILES string of the molecule is O=C(c1cccc2ccccc12)C(Br)COCc1ccccc1. The molecule has 0 aliphatic heterocycles. The summed E-state index contributed by atoms with van der Waals surface area (Å²) in [5.74, 6) is 0.0508. The van der Waals surface area contributed by atoms with Crippen LogP contribution in [0.15, 0.2) is 72.8 Å². The summed E-state index contributed by atoms with van der Waals surface area (Å²) in [5.41, 5.74) is 1.83. The largest absolute Gasteiger partial charge is 0.375 e. The van der Waals surface area contributed by atoms with Crippen LogP contribution in [0.2, 0.25) is 0 Å². The van der Waals surface area contributed by atoms with Gasteiger partial charge in [-0.05, 0) is 16.3 Å². The highest BCUT2D eigenvalue weighted by Gasteiger charge is 2.19. The van der Waals surface area contributed by atoms with Crippen molar-refractivity contribution in [2.75, 3.05) is 6.61 Å². The Balaban J connectivity index is 1.67. The van der Waals surface area contributed by atoms with E-state index in [0.717, 1.165) is 21.9 Å². The van der Waals surface area contributed by atoms with Crippen molar-refractivity contribution in [2.45, 2.75) is 11.4 Å². The lowest BCUT2D eigenvalue weighted by Crippen LogP contribution is -2.20. The zero-order valence-corrected chi connectivity index (χ0v) is 14.2. The summed E-state index contributed by atoms with van der Waals surface area (Å²) in [6.07, 6.45) is 0. The van der Waals surface area contributed by atoms with Crippen LogP contribution in [0.5, 0.6) is 0 Å². The lowest BCUT2D eigenvalue weighted by Gasteiger charge is -2.12. The Kier molecular flexibility index (Phi) is 5.21. The predicted octanol–water partition coefficient (Wildman–Crippen LogP) is 5.00. The molecule has 0 bridgehead atoms. The van der Waals surface area contributed by atoms with Crippen LogP contribution >= 0.6 is 15.9 Å². The molecule has 0 N–H and O–H groups in total. The number of Topliss-reactive ketones (excluding diaryl/α,β-unsaturated/α-hetero) is 1. The third-order valence-electron chi connectivity index (χ3n) is 3.72. The van der Waals surface area contributed by atoms with Gasteiger partial charge in [-0.3, -0.25) is 4.79 Å². The van der Waals surface area contributed by atoms with Crippen LogP contribution in [0.4, 0.5) is 0 Å². The fourth-order valence-electron chi connectivity index (χ4n) is 2.54. The molecule has 0 saturated heterocycles. The number of carbonyl (C=O) groups excluding carboxylic acids is 1. The molecule has 1 unspecified atom stereocenters. The van der Waals surface area contributed by atoms with E-state index >= 15 is 0 Å². The van der Waals surface area contributed by atoms with Gasteiger partial charge in [0, 0.05) is 5.56 Å². The maximum atomic E-state index is 12.7. The summed E-state index contributed by atoms with van der Waals surface area (Å²) in [7, 11) is 0. The van der Waals surface area contributed by atoms with Gasteiger partial charge in [0.2, 0.25) is 0 Å². The molecule has 0 aliphatic rings. The van der Waals surface area contributed by atoms with Gasteiger partial charge in [-0.15, -0.1) is 0 Å². The maximum absolute atomic E-state index is 12.7. The Morgan fingerprint density at radius 2 is 1.61 bits per heavy atom. The zero-order chi connectivity index (χ0) is 16.1. The number of ketones is 1. The van der Waals surface area contributed by atoms with E-state index in [1.165, 1.54) is 0 Å². The van der Waals surface area contributed by atoms with E-state index in [2.05, 4.69) is 15.9 Å². The van der Waals surface area contributed by atoms with Gasteiger partial charge >= 0.3 is 0 Å². The topological polar surface area (TPSA) is 26.3 Å². The van der Waals surface area contributed by atoms with E-state index in [9.17, 15) is 4.79 Å². The van der Waals surface area contributed by atoms with Crippen molar-refractivity contribution >= 4 is 32.5 Å². The summed E-state index contributed by atoms with van der Waals surface area (Å²) in [6.45, 7) is 0.850. The smallest absolute Gasteiger partial charge is 0.179 e. The summed E-state index contributed by atoms with van der Waals surface area (Å²) in [6, 6.07) is 23.7. The van der Waals surface area contributed by atoms with Gasteiger partial charge in [-0.2, -0.15) is 0 Å². The molecule has 3 aromatic rings. The molecule has 0 saturated carbocycles. The highest BCUT2D eigenvalue weighted by Crippen LogP contribution is 2.22. The Bertz CT molecular complexity index is 794. The first-order chi connectivity index (χ1) is 11.3. The van der Waals surface area contributed by atoms with E-state index < -0.39 is 0 Å². The van der Waals surface area contributed by atoms with Crippen LogP contribution < -0.4 is 0 Å². The molecular weight excluding hydrogens is 352 g/mol. The Morgan fingerprint density at radius 3 is 2.43 bits per heavy atom. The summed E-state index contributed by atoms with van der Waals surface area (Å²) in [5, 5.41) is 2.05. The first-order valence-electron chi connectivity index (χ1n) is 7.53. The average molecular weight is 369 g/mol. The van der Waals surface area contributed by atoms with Crippen LogP contribution in [0.3, 0.4) is 0 Å². The fraction of sp³-hybridized carbons (Fsp3) is 0.150. The van der Waals surface area contributed by atoms with Crippen LogP contribution in [-0.2, 0) is 11.3 Å². The first-order valence-corrected chi connectivity index (χ1v) is 8.45. The van der Waals surface area contributed by atoms with E-state index in [4.69, 9.17) is 4.74 Å². The normalized spacial score (nSPS) is 12.2. The minimum Gasteiger partial charge on any atom is -0.375 e. The molecule has 0 heterocycles. The lowest BCUT2D eigenvalue weighted by molar-refractivity contribution is 0.0874. The molecule has 0 fully saturated rings. The number of fused-ring (bicyclic) bond motifs is 1. The molecule has 2 nitrogen and oxygen atoms in total. The highest BCUT2D eigenvalue weighted by atomic mass is 79.9. The number of halogens is 1. The molecule has 0 spiro atoms. The summed E-state index contributed by atoms with van der Waals surface area (Å²) in [4.78, 5) is 12.3. The second-order valence-electron chi connectivity index (χ2n) is 5.36. The minimum atomic E-state index is -0.350. The zero-order valence-electron chi connectivity index (χ0n) is 12.6. The highest BCUT2D eigenvalue weighted by molar-refractivity contribution is 9.10. The quantitative estimate of drug-likeness (QED) is 0.451. The molecule has 0 radical (unpaired) electrons. The Labute approximate surface area is 144 Å². The predicted molar refractivity (Wildman–Crippen MR) is 97.1 cm³/mol. The molecule has 3 aromatic carbocycles. The second-order valence-corrected chi connectivity index (χ2v) is 6.46. The van der Waals surface area contributed by atoms with E-state index in [1.54, 1.807) is 0 Å². The lowest BCUT2D eigenvalue weighted by atomic mass is 10.00. The van der Waals surface area contributed by atoms with Crippen molar-refractivity contribution in [3.63, 3.8) is 0 Å². The maximum Gasteiger partial charge on any atom is 0.179 e. The van der Waals surface area contributed by atoms with Gasteiger partial charge in [0.05, 0.1) is 13.2 Å². The number of benzene rings is 3. The van der Waals surface area contributed by atoms with Crippen LogP contribution in [0.1, 0.15) is 15.9 Å². The van der Waals surface area contributed by atoms with Crippen LogP contribution in [0, 0.1) is 0 Å². The van der Waals surface area contributed by atoms with E-state index in [0.29, 0.717) is 13.2 Å². The van der Waals surface area contributed by atoms with Crippen LogP contribution in [0.25, 0.3) is 10.8 Å². The van der Waals surface area contributed by atoms with Crippen molar-refractivity contribution in [3.05, 3.63) is 83.9 Å². The Morgan fingerprint density at radius 1 is 0.913 bits per heavy atom. The van der Waals surface area contributed by atoms with Crippen molar-refractivity contribution in [3.8, 4) is 0 Å². The number of hydrogen-bond acceptors (Lipinski definition) is 2. The molecular formula is C20H17BrO2. The van der Waals surface area contributed by atoms with E-state index in [-0.39, 0.29) is 10.6 Å². The third-order valence-corrected chi connectivity index (χ3v) is 4.40. The number of carbonyl (C=O) groups is 1. The van der Waals surface area contributed by atoms with Gasteiger partial charge in [0.1, 0.15) is 4.83 Å². The molecule has 3 heteroatoms. The standard InChI is InChI=1S/C20H17BrO2/c21-19(14-23-13-15-7-2-1-3-8-15)20(22)18-12-6-10-16-9-4-5-11-17(16)18/h1-12,19H,13-14H2. The van der Waals surface area contributed by atoms with Gasteiger partial charge in [0.25, 0.3) is 0 Å².